The summed E-state index contributed by atoms with van der Waals surface area (Å²) >= 11 is 0. The molecule has 0 aliphatic heterocycles. The standard InChI is InChI=1S/C25H19FO6/c26-20-14-19(16-31-24(29)12-9-18-6-10-21(27)22(28)15-18)7-11-23(20)32-25(30)13-8-17-4-2-1-3-5-17/h1-15,27-28H,16H2/b12-9+,13-8+. The SMILES string of the molecule is O=C(/C=C/c1ccc(O)c(O)c1)OCc1ccc(OC(=O)/C=C/c2ccccc2)c(F)c1. The number of esters is 2. The third-order valence-corrected chi connectivity index (χ3v) is 4.21. The summed E-state index contributed by atoms with van der Waals surface area (Å²) in [6.45, 7) is -0.191. The molecule has 0 radical (unpaired) electrons. The van der Waals surface area contributed by atoms with Crippen LogP contribution in [0.1, 0.15) is 16.7 Å². The van der Waals surface area contributed by atoms with Crippen LogP contribution >= 0.6 is 0 Å². The second-order valence-electron chi connectivity index (χ2n) is 6.62. The minimum atomic E-state index is -0.768. The molecule has 0 heterocycles. The zero-order chi connectivity index (χ0) is 22.9. The molecule has 0 aliphatic carbocycles. The first kappa shape index (κ1) is 22.3. The van der Waals surface area contributed by atoms with Crippen molar-refractivity contribution in [1.29, 1.82) is 0 Å². The van der Waals surface area contributed by atoms with Crippen molar-refractivity contribution < 1.29 is 33.7 Å². The van der Waals surface area contributed by atoms with E-state index in [1.54, 1.807) is 6.08 Å². The summed E-state index contributed by atoms with van der Waals surface area (Å²) < 4.78 is 24.3. The van der Waals surface area contributed by atoms with E-state index in [0.717, 1.165) is 17.7 Å². The lowest BCUT2D eigenvalue weighted by Gasteiger charge is -2.06. The van der Waals surface area contributed by atoms with Crippen LogP contribution in [-0.2, 0) is 20.9 Å². The summed E-state index contributed by atoms with van der Waals surface area (Å²) in [6.07, 6.45) is 5.29. The Bertz CT molecular complexity index is 1170. The molecule has 0 aromatic heterocycles. The normalized spacial score (nSPS) is 11.0. The zero-order valence-electron chi connectivity index (χ0n) is 16.8. The van der Waals surface area contributed by atoms with Crippen molar-refractivity contribution in [1.82, 2.24) is 0 Å². The van der Waals surface area contributed by atoms with Crippen molar-refractivity contribution in [2.75, 3.05) is 0 Å². The summed E-state index contributed by atoms with van der Waals surface area (Å²) in [5, 5.41) is 18.7. The summed E-state index contributed by atoms with van der Waals surface area (Å²) in [4.78, 5) is 23.7. The largest absolute Gasteiger partial charge is 0.504 e. The van der Waals surface area contributed by atoms with Gasteiger partial charge in [0.15, 0.2) is 23.1 Å². The first-order chi connectivity index (χ1) is 15.4. The van der Waals surface area contributed by atoms with Crippen molar-refractivity contribution in [3.63, 3.8) is 0 Å². The summed E-state index contributed by atoms with van der Waals surface area (Å²) in [5.41, 5.74) is 1.65. The number of phenolic OH excluding ortho intramolecular Hbond substituents is 2. The van der Waals surface area contributed by atoms with Crippen molar-refractivity contribution in [2.45, 2.75) is 6.61 Å². The second kappa shape index (κ2) is 10.6. The van der Waals surface area contributed by atoms with E-state index in [4.69, 9.17) is 9.47 Å². The topological polar surface area (TPSA) is 93.1 Å². The lowest BCUT2D eigenvalue weighted by atomic mass is 10.2. The lowest BCUT2D eigenvalue weighted by molar-refractivity contribution is -0.138. The molecule has 2 N–H and O–H groups in total. The van der Waals surface area contributed by atoms with Gasteiger partial charge in [-0.2, -0.15) is 0 Å². The minimum absolute atomic E-state index is 0.191. The summed E-state index contributed by atoms with van der Waals surface area (Å²) in [5.74, 6) is -3.00. The second-order valence-corrected chi connectivity index (χ2v) is 6.62. The van der Waals surface area contributed by atoms with Crippen LogP contribution in [0.2, 0.25) is 0 Å². The van der Waals surface area contributed by atoms with E-state index >= 15 is 0 Å². The van der Waals surface area contributed by atoms with Gasteiger partial charge in [-0.3, -0.25) is 0 Å². The molecule has 0 atom stereocenters. The first-order valence-corrected chi connectivity index (χ1v) is 9.51. The maximum absolute atomic E-state index is 14.2. The quantitative estimate of drug-likeness (QED) is 0.244. The van der Waals surface area contributed by atoms with E-state index in [2.05, 4.69) is 0 Å². The lowest BCUT2D eigenvalue weighted by Crippen LogP contribution is -2.06. The third kappa shape index (κ3) is 6.56. The Balaban J connectivity index is 1.52. The van der Waals surface area contributed by atoms with Gasteiger partial charge in [0, 0.05) is 12.2 Å². The predicted octanol–water partition coefficient (Wildman–Crippen LogP) is 4.61. The van der Waals surface area contributed by atoms with E-state index < -0.39 is 17.8 Å². The van der Waals surface area contributed by atoms with Crippen LogP contribution in [0.3, 0.4) is 0 Å². The fourth-order valence-electron chi connectivity index (χ4n) is 2.60. The molecular formula is C25H19FO6. The van der Waals surface area contributed by atoms with E-state index in [-0.39, 0.29) is 23.9 Å². The van der Waals surface area contributed by atoms with E-state index in [9.17, 15) is 24.2 Å². The van der Waals surface area contributed by atoms with E-state index in [0.29, 0.717) is 11.1 Å². The molecule has 3 aromatic rings. The average Bonchev–Trinajstić information content (AvgIpc) is 2.79. The van der Waals surface area contributed by atoms with Crippen LogP contribution in [-0.4, -0.2) is 22.2 Å². The average molecular weight is 434 g/mol. The Kier molecular flexibility index (Phi) is 7.37. The molecule has 0 saturated carbocycles. The van der Waals surface area contributed by atoms with Crippen LogP contribution in [0.25, 0.3) is 12.2 Å². The fourth-order valence-corrected chi connectivity index (χ4v) is 2.60. The number of hydrogen-bond donors (Lipinski definition) is 2. The summed E-state index contributed by atoms with van der Waals surface area (Å²) in [7, 11) is 0. The molecule has 32 heavy (non-hydrogen) atoms. The van der Waals surface area contributed by atoms with Crippen LogP contribution < -0.4 is 4.74 Å². The molecule has 0 aliphatic rings. The van der Waals surface area contributed by atoms with Gasteiger partial charge in [-0.15, -0.1) is 0 Å². The van der Waals surface area contributed by atoms with Gasteiger partial charge in [0.05, 0.1) is 0 Å². The van der Waals surface area contributed by atoms with Crippen molar-refractivity contribution in [3.8, 4) is 17.2 Å². The fraction of sp³-hybridized carbons (Fsp3) is 0.0400. The van der Waals surface area contributed by atoms with Crippen molar-refractivity contribution in [3.05, 3.63) is 101 Å². The Morgan fingerprint density at radius 2 is 1.53 bits per heavy atom. The van der Waals surface area contributed by atoms with Gasteiger partial charge in [-0.05, 0) is 53.1 Å². The maximum Gasteiger partial charge on any atom is 0.336 e. The molecule has 3 aromatic carbocycles. The van der Waals surface area contributed by atoms with Gasteiger partial charge in [0.1, 0.15) is 6.61 Å². The van der Waals surface area contributed by atoms with Crippen LogP contribution in [0.15, 0.2) is 78.9 Å². The number of carbonyl (C=O) groups is 2. The molecular weight excluding hydrogens is 415 g/mol. The molecule has 0 unspecified atom stereocenters. The molecule has 0 amide bonds. The van der Waals surface area contributed by atoms with Crippen LogP contribution in [0, 0.1) is 5.82 Å². The third-order valence-electron chi connectivity index (χ3n) is 4.21. The Morgan fingerprint density at radius 1 is 0.812 bits per heavy atom. The highest BCUT2D eigenvalue weighted by atomic mass is 19.1. The minimum Gasteiger partial charge on any atom is -0.504 e. The molecule has 6 nitrogen and oxygen atoms in total. The molecule has 3 rings (SSSR count). The van der Waals surface area contributed by atoms with Crippen LogP contribution in [0.5, 0.6) is 17.2 Å². The van der Waals surface area contributed by atoms with Gasteiger partial charge in [0.25, 0.3) is 0 Å². The number of carbonyl (C=O) groups excluding carboxylic acids is 2. The van der Waals surface area contributed by atoms with Gasteiger partial charge in [-0.1, -0.05) is 42.5 Å². The number of rotatable bonds is 7. The van der Waals surface area contributed by atoms with Gasteiger partial charge in [0.2, 0.25) is 0 Å². The number of ether oxygens (including phenoxy) is 2. The van der Waals surface area contributed by atoms with Gasteiger partial charge in [-0.25, -0.2) is 14.0 Å². The van der Waals surface area contributed by atoms with Gasteiger partial charge < -0.3 is 19.7 Å². The number of aromatic hydroxyl groups is 2. The molecule has 162 valence electrons. The molecule has 0 spiro atoms. The smallest absolute Gasteiger partial charge is 0.336 e. The number of halogens is 1. The van der Waals surface area contributed by atoms with Crippen LogP contribution in [0.4, 0.5) is 4.39 Å². The molecule has 0 saturated heterocycles. The van der Waals surface area contributed by atoms with Crippen molar-refractivity contribution in [2.24, 2.45) is 0 Å². The monoisotopic (exact) mass is 434 g/mol. The first-order valence-electron chi connectivity index (χ1n) is 9.51. The highest BCUT2D eigenvalue weighted by Gasteiger charge is 2.09. The number of hydrogen-bond acceptors (Lipinski definition) is 6. The maximum atomic E-state index is 14.2. The molecule has 0 bridgehead atoms. The predicted molar refractivity (Wildman–Crippen MR) is 116 cm³/mol. The van der Waals surface area contributed by atoms with E-state index in [1.807, 2.05) is 30.3 Å². The highest BCUT2D eigenvalue weighted by molar-refractivity contribution is 5.89. The van der Waals surface area contributed by atoms with Gasteiger partial charge >= 0.3 is 11.9 Å². The molecule has 7 heteroatoms. The number of phenols is 2. The zero-order valence-corrected chi connectivity index (χ0v) is 16.8. The highest BCUT2D eigenvalue weighted by Crippen LogP contribution is 2.25. The molecule has 0 fully saturated rings. The Labute approximate surface area is 183 Å². The Morgan fingerprint density at radius 3 is 2.25 bits per heavy atom. The number of benzene rings is 3. The van der Waals surface area contributed by atoms with E-state index in [1.165, 1.54) is 42.5 Å². The van der Waals surface area contributed by atoms with Crippen molar-refractivity contribution >= 4 is 24.1 Å². The summed E-state index contributed by atoms with van der Waals surface area (Å²) in [6, 6.07) is 17.0. The Hall–Kier alpha value is -4.39.